The van der Waals surface area contributed by atoms with Gasteiger partial charge in [0.15, 0.2) is 0 Å². The highest BCUT2D eigenvalue weighted by Gasteiger charge is 2.34. The summed E-state index contributed by atoms with van der Waals surface area (Å²) in [4.78, 5) is 16.6. The summed E-state index contributed by atoms with van der Waals surface area (Å²) < 4.78 is 59.4. The number of alkyl halides is 3. The van der Waals surface area contributed by atoms with Crippen molar-refractivity contribution < 1.29 is 22.3 Å². The number of hydrogen-bond acceptors (Lipinski definition) is 4. The summed E-state index contributed by atoms with van der Waals surface area (Å²) in [6.45, 7) is 2.05. The van der Waals surface area contributed by atoms with Crippen molar-refractivity contribution in [1.29, 1.82) is 0 Å². The highest BCUT2D eigenvalue weighted by molar-refractivity contribution is 7.20. The molecule has 4 nitrogen and oxygen atoms in total. The van der Waals surface area contributed by atoms with E-state index < -0.39 is 23.2 Å². The first kappa shape index (κ1) is 18.7. The zero-order chi connectivity index (χ0) is 19.2. The number of nitrogens with zero attached hydrogens (tertiary/aromatic N) is 2. The van der Waals surface area contributed by atoms with E-state index in [1.165, 1.54) is 0 Å². The first-order valence-electron chi connectivity index (χ1n) is 7.34. The van der Waals surface area contributed by atoms with Crippen LogP contribution >= 0.6 is 22.9 Å². The van der Waals surface area contributed by atoms with Crippen LogP contribution in [0.3, 0.4) is 0 Å². The lowest BCUT2D eigenvalue weighted by molar-refractivity contribution is -0.143. The van der Waals surface area contributed by atoms with E-state index >= 15 is 0 Å². The van der Waals surface area contributed by atoms with Crippen LogP contribution in [0.2, 0.25) is 5.02 Å². The molecule has 0 amide bonds. The summed E-state index contributed by atoms with van der Waals surface area (Å²) >= 11 is 6.98. The van der Waals surface area contributed by atoms with Gasteiger partial charge in [-0.1, -0.05) is 22.9 Å². The Balaban J connectivity index is 2.32. The smallest absolute Gasteiger partial charge is 0.431 e. The molecule has 0 unspecified atom stereocenters. The van der Waals surface area contributed by atoms with Gasteiger partial charge in [-0.2, -0.15) is 13.2 Å². The summed E-state index contributed by atoms with van der Waals surface area (Å²) in [7, 11) is 0.984. The van der Waals surface area contributed by atoms with Crippen molar-refractivity contribution in [3.05, 3.63) is 45.1 Å². The Hall–Kier alpha value is -2.13. The highest BCUT2D eigenvalue weighted by Crippen LogP contribution is 2.40. The van der Waals surface area contributed by atoms with E-state index in [4.69, 9.17) is 16.3 Å². The fourth-order valence-corrected chi connectivity index (χ4v) is 3.88. The molecule has 0 spiro atoms. The van der Waals surface area contributed by atoms with Crippen LogP contribution < -0.4 is 10.3 Å². The normalized spacial score (nSPS) is 12.0. The van der Waals surface area contributed by atoms with Gasteiger partial charge < -0.3 is 9.30 Å². The van der Waals surface area contributed by atoms with Crippen LogP contribution in [0.25, 0.3) is 21.3 Å². The number of rotatable bonds is 3. The third kappa shape index (κ3) is 3.05. The Morgan fingerprint density at radius 3 is 2.65 bits per heavy atom. The molecule has 0 saturated carbocycles. The summed E-state index contributed by atoms with van der Waals surface area (Å²) in [6.07, 6.45) is -4.70. The van der Waals surface area contributed by atoms with E-state index in [-0.39, 0.29) is 31.6 Å². The molecule has 0 aliphatic rings. The highest BCUT2D eigenvalue weighted by atomic mass is 35.5. The first-order valence-corrected chi connectivity index (χ1v) is 8.53. The molecule has 1 aromatic carbocycles. The fourth-order valence-electron chi connectivity index (χ4n) is 2.54. The minimum absolute atomic E-state index is 0.0205. The maximum atomic E-state index is 14.6. The topological polar surface area (TPSA) is 44.1 Å². The van der Waals surface area contributed by atoms with Gasteiger partial charge in [0.25, 0.3) is 10.8 Å². The number of fused-ring (bicyclic) bond motifs is 1. The molecule has 138 valence electrons. The number of pyridine rings is 1. The molecule has 2 heterocycles. The molecule has 0 N–H and O–H groups in total. The molecule has 0 fully saturated rings. The van der Waals surface area contributed by atoms with Crippen molar-refractivity contribution in [2.75, 3.05) is 6.61 Å². The van der Waals surface area contributed by atoms with Crippen LogP contribution in [0.1, 0.15) is 12.6 Å². The summed E-state index contributed by atoms with van der Waals surface area (Å²) in [6, 6.07) is 2.67. The Bertz CT molecular complexity index is 1060. The van der Waals surface area contributed by atoms with Gasteiger partial charge >= 0.3 is 6.18 Å². The average molecular weight is 407 g/mol. The molecule has 10 heteroatoms. The van der Waals surface area contributed by atoms with Crippen molar-refractivity contribution in [2.45, 2.75) is 13.1 Å². The van der Waals surface area contributed by atoms with Gasteiger partial charge in [-0.05, 0) is 25.1 Å². The number of benzene rings is 1. The Labute approximate surface area is 153 Å². The van der Waals surface area contributed by atoms with Gasteiger partial charge in [0.2, 0.25) is 0 Å². The molecule has 2 aromatic heterocycles. The number of ether oxygens (including phenoxy) is 1. The molecule has 0 bridgehead atoms. The van der Waals surface area contributed by atoms with E-state index in [1.54, 1.807) is 6.92 Å². The maximum absolute atomic E-state index is 14.6. The third-order valence-electron chi connectivity index (χ3n) is 3.68. The lowest BCUT2D eigenvalue weighted by Crippen LogP contribution is -2.26. The van der Waals surface area contributed by atoms with Gasteiger partial charge in [0.1, 0.15) is 17.0 Å². The van der Waals surface area contributed by atoms with Gasteiger partial charge in [0.05, 0.1) is 21.9 Å². The van der Waals surface area contributed by atoms with Crippen molar-refractivity contribution in [3.8, 4) is 16.3 Å². The lowest BCUT2D eigenvalue weighted by atomic mass is 10.1. The van der Waals surface area contributed by atoms with Gasteiger partial charge in [0, 0.05) is 12.6 Å². The predicted molar refractivity (Wildman–Crippen MR) is 91.4 cm³/mol. The van der Waals surface area contributed by atoms with Gasteiger partial charge in [-0.15, -0.1) is 0 Å². The molecular weight excluding hydrogens is 396 g/mol. The quantitative estimate of drug-likeness (QED) is 0.583. The predicted octanol–water partition coefficient (Wildman–Crippen LogP) is 4.87. The molecular formula is C16H11ClF4N2O2S. The zero-order valence-electron chi connectivity index (χ0n) is 13.4. The summed E-state index contributed by atoms with van der Waals surface area (Å²) in [5, 5.41) is 0.243. The number of hydrogen-bond donors (Lipinski definition) is 0. The SMILES string of the molecule is CCOc1nc2c(Cl)cc(F)c(-c3ccc(C(F)(F)F)n(C)c3=O)c2s1. The van der Waals surface area contributed by atoms with E-state index in [2.05, 4.69) is 4.98 Å². The molecule has 0 atom stereocenters. The first-order chi connectivity index (χ1) is 12.1. The van der Waals surface area contributed by atoms with Crippen molar-refractivity contribution in [2.24, 2.45) is 7.05 Å². The number of aromatic nitrogens is 2. The molecule has 0 saturated heterocycles. The Kier molecular flexibility index (Phi) is 4.70. The van der Waals surface area contributed by atoms with E-state index in [0.717, 1.165) is 36.6 Å². The second-order valence-electron chi connectivity index (χ2n) is 5.30. The standard InChI is InChI=1S/C16H11ClF4N2O2S/c1-3-25-15-22-12-8(17)6-9(18)11(13(12)26-15)7-4-5-10(16(19,20)21)23(2)14(7)24/h4-6H,3H2,1-2H3. The molecule has 26 heavy (non-hydrogen) atoms. The maximum Gasteiger partial charge on any atom is 0.431 e. The Morgan fingerprint density at radius 1 is 1.35 bits per heavy atom. The fraction of sp³-hybridized carbons (Fsp3) is 0.250. The minimum atomic E-state index is -4.70. The Morgan fingerprint density at radius 2 is 2.04 bits per heavy atom. The van der Waals surface area contributed by atoms with Gasteiger partial charge in [-0.3, -0.25) is 4.79 Å². The second-order valence-corrected chi connectivity index (χ2v) is 6.67. The zero-order valence-corrected chi connectivity index (χ0v) is 15.0. The van der Waals surface area contributed by atoms with E-state index in [9.17, 15) is 22.4 Å². The molecule has 0 aliphatic carbocycles. The van der Waals surface area contributed by atoms with E-state index in [1.807, 2.05) is 0 Å². The molecule has 3 aromatic rings. The number of thiazole rings is 1. The minimum Gasteiger partial charge on any atom is -0.470 e. The van der Waals surface area contributed by atoms with Crippen LogP contribution in [0.5, 0.6) is 5.19 Å². The molecule has 0 radical (unpaired) electrons. The van der Waals surface area contributed by atoms with Crippen molar-refractivity contribution in [3.63, 3.8) is 0 Å². The van der Waals surface area contributed by atoms with Crippen LogP contribution in [0.15, 0.2) is 23.0 Å². The lowest BCUT2D eigenvalue weighted by Gasteiger charge is -2.13. The number of halogens is 5. The molecule has 0 aliphatic heterocycles. The van der Waals surface area contributed by atoms with Crippen LogP contribution in [0, 0.1) is 5.82 Å². The van der Waals surface area contributed by atoms with Crippen LogP contribution in [-0.2, 0) is 13.2 Å². The van der Waals surface area contributed by atoms with Crippen molar-refractivity contribution in [1.82, 2.24) is 9.55 Å². The van der Waals surface area contributed by atoms with E-state index in [0.29, 0.717) is 11.2 Å². The largest absolute Gasteiger partial charge is 0.470 e. The van der Waals surface area contributed by atoms with Gasteiger partial charge in [-0.25, -0.2) is 9.37 Å². The second kappa shape index (κ2) is 6.55. The summed E-state index contributed by atoms with van der Waals surface area (Å²) in [5.41, 5.74) is -2.25. The van der Waals surface area contributed by atoms with Crippen LogP contribution in [0.4, 0.5) is 17.6 Å². The summed E-state index contributed by atoms with van der Waals surface area (Å²) in [5.74, 6) is -0.828. The average Bonchev–Trinajstić information content (AvgIpc) is 2.94. The molecule has 3 rings (SSSR count). The third-order valence-corrected chi connectivity index (χ3v) is 4.96. The van der Waals surface area contributed by atoms with Crippen molar-refractivity contribution >= 4 is 33.2 Å². The monoisotopic (exact) mass is 406 g/mol. The van der Waals surface area contributed by atoms with Crippen LogP contribution in [-0.4, -0.2) is 16.2 Å².